The quantitative estimate of drug-likeness (QED) is 0.623. The van der Waals surface area contributed by atoms with Gasteiger partial charge in [0.05, 0.1) is 11.3 Å². The molecule has 2 aromatic rings. The predicted octanol–water partition coefficient (Wildman–Crippen LogP) is 2.39. The van der Waals surface area contributed by atoms with Crippen LogP contribution in [0.15, 0.2) is 48.6 Å². The number of carbonyl (C=O) groups is 1. The molecule has 19 heavy (non-hydrogen) atoms. The molecule has 98 valence electrons. The molecule has 1 heterocycles. The largest absolute Gasteiger partial charge is 0.458 e. The second-order valence-electron chi connectivity index (χ2n) is 4.27. The van der Waals surface area contributed by atoms with Crippen LogP contribution in [0.2, 0.25) is 0 Å². The zero-order valence-electron chi connectivity index (χ0n) is 10.9. The number of aromatic nitrogens is 3. The van der Waals surface area contributed by atoms with Crippen molar-refractivity contribution < 1.29 is 9.53 Å². The third kappa shape index (κ3) is 3.51. The molecule has 0 amide bonds. The van der Waals surface area contributed by atoms with Crippen LogP contribution < -0.4 is 0 Å². The topological polar surface area (TPSA) is 57.0 Å². The van der Waals surface area contributed by atoms with E-state index in [1.54, 1.807) is 29.2 Å². The molecular formula is C14H15N3O2. The summed E-state index contributed by atoms with van der Waals surface area (Å²) in [5.41, 5.74) is 2.38. The summed E-state index contributed by atoms with van der Waals surface area (Å²) in [6.45, 7) is 4.20. The van der Waals surface area contributed by atoms with Crippen molar-refractivity contribution in [2.45, 2.75) is 13.8 Å². The fourth-order valence-electron chi connectivity index (χ4n) is 1.48. The maximum Gasteiger partial charge on any atom is 0.338 e. The van der Waals surface area contributed by atoms with Crippen LogP contribution in [0.1, 0.15) is 24.2 Å². The minimum Gasteiger partial charge on any atom is -0.458 e. The van der Waals surface area contributed by atoms with Gasteiger partial charge in [0.25, 0.3) is 0 Å². The number of esters is 1. The fourth-order valence-corrected chi connectivity index (χ4v) is 1.48. The molecule has 2 rings (SSSR count). The van der Waals surface area contributed by atoms with Gasteiger partial charge in [0.2, 0.25) is 0 Å². The van der Waals surface area contributed by atoms with E-state index in [1.807, 2.05) is 26.0 Å². The monoisotopic (exact) mass is 257 g/mol. The molecule has 0 radical (unpaired) electrons. The molecule has 5 heteroatoms. The van der Waals surface area contributed by atoms with E-state index in [9.17, 15) is 4.79 Å². The second kappa shape index (κ2) is 5.95. The van der Waals surface area contributed by atoms with Gasteiger partial charge >= 0.3 is 5.97 Å². The summed E-state index contributed by atoms with van der Waals surface area (Å²) in [7, 11) is 0. The molecule has 1 aromatic carbocycles. The van der Waals surface area contributed by atoms with Crippen LogP contribution >= 0.6 is 0 Å². The van der Waals surface area contributed by atoms with Gasteiger partial charge in [-0.1, -0.05) is 11.6 Å². The Morgan fingerprint density at radius 2 is 2.26 bits per heavy atom. The Balaban J connectivity index is 2.10. The van der Waals surface area contributed by atoms with E-state index in [0.29, 0.717) is 5.56 Å². The molecule has 0 bridgehead atoms. The van der Waals surface area contributed by atoms with Gasteiger partial charge in [-0.3, -0.25) is 0 Å². The first-order valence-corrected chi connectivity index (χ1v) is 5.92. The first kappa shape index (κ1) is 13.0. The summed E-state index contributed by atoms with van der Waals surface area (Å²) < 4.78 is 6.74. The highest BCUT2D eigenvalue weighted by Gasteiger charge is 2.08. The molecule has 0 fully saturated rings. The van der Waals surface area contributed by atoms with Gasteiger partial charge in [0, 0.05) is 0 Å². The summed E-state index contributed by atoms with van der Waals surface area (Å²) in [6.07, 6.45) is 4.88. The highest BCUT2D eigenvalue weighted by Crippen LogP contribution is 2.10. The lowest BCUT2D eigenvalue weighted by Crippen LogP contribution is -2.06. The van der Waals surface area contributed by atoms with E-state index in [1.165, 1.54) is 6.33 Å². The van der Waals surface area contributed by atoms with Crippen molar-refractivity contribution in [1.29, 1.82) is 0 Å². The number of hydrogen-bond donors (Lipinski definition) is 0. The van der Waals surface area contributed by atoms with E-state index in [0.717, 1.165) is 11.3 Å². The first-order chi connectivity index (χ1) is 9.16. The molecule has 0 saturated heterocycles. The Morgan fingerprint density at radius 1 is 1.42 bits per heavy atom. The maximum absolute atomic E-state index is 11.9. The van der Waals surface area contributed by atoms with Gasteiger partial charge < -0.3 is 4.74 Å². The van der Waals surface area contributed by atoms with E-state index < -0.39 is 0 Å². The van der Waals surface area contributed by atoms with Gasteiger partial charge in [0.1, 0.15) is 19.3 Å². The zero-order valence-corrected chi connectivity index (χ0v) is 10.9. The Labute approximate surface area is 111 Å². The molecule has 0 saturated carbocycles. The van der Waals surface area contributed by atoms with Gasteiger partial charge in [0.15, 0.2) is 0 Å². The molecule has 0 aliphatic rings. The molecule has 0 N–H and O–H groups in total. The van der Waals surface area contributed by atoms with Crippen LogP contribution in [0.4, 0.5) is 0 Å². The fraction of sp³-hybridized carbons (Fsp3) is 0.214. The van der Waals surface area contributed by atoms with Crippen LogP contribution in [0, 0.1) is 0 Å². The molecule has 0 spiro atoms. The lowest BCUT2D eigenvalue weighted by Gasteiger charge is -2.05. The number of ether oxygens (including phenoxy) is 1. The van der Waals surface area contributed by atoms with Crippen molar-refractivity contribution in [2.75, 3.05) is 6.61 Å². The number of carbonyl (C=O) groups excluding carboxylic acids is 1. The number of hydrogen-bond acceptors (Lipinski definition) is 4. The minimum atomic E-state index is -0.348. The van der Waals surface area contributed by atoms with Crippen LogP contribution in [-0.4, -0.2) is 27.3 Å². The molecular weight excluding hydrogens is 242 g/mol. The number of benzene rings is 1. The smallest absolute Gasteiger partial charge is 0.338 e. The Bertz CT molecular complexity index is 584. The van der Waals surface area contributed by atoms with Gasteiger partial charge in [-0.05, 0) is 38.1 Å². The second-order valence-corrected chi connectivity index (χ2v) is 4.27. The van der Waals surface area contributed by atoms with Gasteiger partial charge in [-0.15, -0.1) is 0 Å². The Morgan fingerprint density at radius 3 is 2.95 bits per heavy atom. The lowest BCUT2D eigenvalue weighted by molar-refractivity contribution is 0.0549. The predicted molar refractivity (Wildman–Crippen MR) is 71.1 cm³/mol. The maximum atomic E-state index is 11.9. The van der Waals surface area contributed by atoms with Crippen molar-refractivity contribution in [3.05, 3.63) is 54.1 Å². The average Bonchev–Trinajstić information content (AvgIpc) is 2.92. The minimum absolute atomic E-state index is 0.286. The third-order valence-corrected chi connectivity index (χ3v) is 2.47. The van der Waals surface area contributed by atoms with E-state index >= 15 is 0 Å². The zero-order chi connectivity index (χ0) is 13.7. The molecule has 1 aromatic heterocycles. The Hall–Kier alpha value is -2.43. The third-order valence-electron chi connectivity index (χ3n) is 2.47. The molecule has 0 unspecified atom stereocenters. The SMILES string of the molecule is CC(C)=CCOC(=O)c1cccc(-n2cncn2)c1. The summed E-state index contributed by atoms with van der Waals surface area (Å²) in [6, 6.07) is 7.07. The Kier molecular flexibility index (Phi) is 4.07. The van der Waals surface area contributed by atoms with Gasteiger partial charge in [-0.2, -0.15) is 5.10 Å². The van der Waals surface area contributed by atoms with Crippen LogP contribution in [0.5, 0.6) is 0 Å². The van der Waals surface area contributed by atoms with Crippen LogP contribution in [0.3, 0.4) is 0 Å². The lowest BCUT2D eigenvalue weighted by atomic mass is 10.2. The van der Waals surface area contributed by atoms with Crippen molar-refractivity contribution >= 4 is 5.97 Å². The number of nitrogens with zero attached hydrogens (tertiary/aromatic N) is 3. The van der Waals surface area contributed by atoms with Crippen molar-refractivity contribution in [3.8, 4) is 5.69 Å². The summed E-state index contributed by atoms with van der Waals surface area (Å²) in [5.74, 6) is -0.348. The molecule has 0 aliphatic heterocycles. The standard InChI is InChI=1S/C14H15N3O2/c1-11(2)6-7-19-14(18)12-4-3-5-13(8-12)17-10-15-9-16-17/h3-6,8-10H,7H2,1-2H3. The van der Waals surface area contributed by atoms with Crippen molar-refractivity contribution in [2.24, 2.45) is 0 Å². The van der Waals surface area contributed by atoms with Crippen molar-refractivity contribution in [3.63, 3.8) is 0 Å². The van der Waals surface area contributed by atoms with Crippen LogP contribution in [-0.2, 0) is 4.74 Å². The summed E-state index contributed by atoms with van der Waals surface area (Å²) in [4.78, 5) is 15.7. The molecule has 0 atom stereocenters. The highest BCUT2D eigenvalue weighted by atomic mass is 16.5. The molecule has 0 aliphatic carbocycles. The summed E-state index contributed by atoms with van der Waals surface area (Å²) >= 11 is 0. The normalized spacial score (nSPS) is 10.0. The number of allylic oxidation sites excluding steroid dienone is 1. The molecule has 5 nitrogen and oxygen atoms in total. The number of rotatable bonds is 4. The van der Waals surface area contributed by atoms with E-state index in [4.69, 9.17) is 4.74 Å². The highest BCUT2D eigenvalue weighted by molar-refractivity contribution is 5.90. The van der Waals surface area contributed by atoms with E-state index in [2.05, 4.69) is 10.1 Å². The summed E-state index contributed by atoms with van der Waals surface area (Å²) in [5, 5.41) is 4.02. The van der Waals surface area contributed by atoms with E-state index in [-0.39, 0.29) is 12.6 Å². The van der Waals surface area contributed by atoms with Gasteiger partial charge in [-0.25, -0.2) is 14.5 Å². The average molecular weight is 257 g/mol. The van der Waals surface area contributed by atoms with Crippen molar-refractivity contribution in [1.82, 2.24) is 14.8 Å². The van der Waals surface area contributed by atoms with Crippen LogP contribution in [0.25, 0.3) is 5.69 Å². The first-order valence-electron chi connectivity index (χ1n) is 5.92.